The summed E-state index contributed by atoms with van der Waals surface area (Å²) in [5.41, 5.74) is 8.26. The zero-order valence-corrected chi connectivity index (χ0v) is 21.1. The summed E-state index contributed by atoms with van der Waals surface area (Å²) in [6, 6.07) is 25.4. The van der Waals surface area contributed by atoms with E-state index in [1.807, 2.05) is 0 Å². The number of aryl methyl sites for hydroxylation is 4. The molecule has 2 heteroatoms. The molecule has 1 aliphatic carbocycles. The predicted octanol–water partition coefficient (Wildman–Crippen LogP) is 6.87. The molecule has 0 unspecified atom stereocenters. The number of rotatable bonds is 6. The van der Waals surface area contributed by atoms with E-state index in [-0.39, 0.29) is 6.04 Å². The molecule has 3 aromatic carbocycles. The molecule has 1 atom stereocenters. The molecule has 0 fully saturated rings. The van der Waals surface area contributed by atoms with Gasteiger partial charge >= 0.3 is 0 Å². The van der Waals surface area contributed by atoms with E-state index in [1.165, 1.54) is 49.3 Å². The fraction of sp³-hybridized carbons (Fsp3) is 0.267. The summed E-state index contributed by atoms with van der Waals surface area (Å²) in [4.78, 5) is 2.37. The van der Waals surface area contributed by atoms with Crippen molar-refractivity contribution in [1.29, 1.82) is 0 Å². The van der Waals surface area contributed by atoms with E-state index in [1.54, 1.807) is 0 Å². The van der Waals surface area contributed by atoms with Crippen molar-refractivity contribution in [2.75, 3.05) is 14.1 Å². The standard InChI is InChI=1S/C30H34NP/c1-21-15-22(2)18-26(17-21)32(27-19-23(3)16-24(4)20-27)29-14-10-13-28(29)30(31(5)6)25-11-8-7-9-12-25/h7-12,14-20,30H,13H2,1-6H3/t30-/m1/s1. The van der Waals surface area contributed by atoms with E-state index in [0.717, 1.165) is 6.42 Å². The van der Waals surface area contributed by atoms with Crippen LogP contribution in [0.2, 0.25) is 0 Å². The number of benzene rings is 3. The van der Waals surface area contributed by atoms with Crippen molar-refractivity contribution in [3.05, 3.63) is 118 Å². The molecule has 0 spiro atoms. The van der Waals surface area contributed by atoms with Gasteiger partial charge < -0.3 is 0 Å². The first-order chi connectivity index (χ1) is 15.3. The maximum absolute atomic E-state index is 2.41. The topological polar surface area (TPSA) is 3.24 Å². The Labute approximate surface area is 195 Å². The highest BCUT2D eigenvalue weighted by Crippen LogP contribution is 2.51. The van der Waals surface area contributed by atoms with E-state index >= 15 is 0 Å². The molecule has 0 heterocycles. The lowest BCUT2D eigenvalue weighted by Gasteiger charge is -2.30. The van der Waals surface area contributed by atoms with Crippen LogP contribution in [0.5, 0.6) is 0 Å². The average molecular weight is 440 g/mol. The number of allylic oxidation sites excluding steroid dienone is 3. The molecule has 0 aromatic heterocycles. The molecule has 0 N–H and O–H groups in total. The number of hydrogen-bond acceptors (Lipinski definition) is 1. The zero-order chi connectivity index (χ0) is 22.8. The molecular weight excluding hydrogens is 405 g/mol. The van der Waals surface area contributed by atoms with Gasteiger partial charge in [0.25, 0.3) is 0 Å². The fourth-order valence-corrected chi connectivity index (χ4v) is 7.95. The van der Waals surface area contributed by atoms with Crippen LogP contribution >= 0.6 is 7.92 Å². The largest absolute Gasteiger partial charge is 0.299 e. The van der Waals surface area contributed by atoms with Crippen molar-refractivity contribution in [3.8, 4) is 0 Å². The van der Waals surface area contributed by atoms with Gasteiger partial charge in [0.2, 0.25) is 0 Å². The minimum absolute atomic E-state index is 0.281. The number of likely N-dealkylation sites (N-methyl/N-ethyl adjacent to an activating group) is 1. The summed E-state index contributed by atoms with van der Waals surface area (Å²) >= 11 is 0. The Bertz CT molecular complexity index is 1080. The molecule has 0 aliphatic heterocycles. The molecular formula is C30H34NP. The van der Waals surface area contributed by atoms with E-state index in [2.05, 4.69) is 126 Å². The van der Waals surface area contributed by atoms with Crippen LogP contribution in [0, 0.1) is 27.7 Å². The molecule has 4 rings (SSSR count). The van der Waals surface area contributed by atoms with Crippen molar-refractivity contribution >= 4 is 18.5 Å². The molecule has 0 radical (unpaired) electrons. The van der Waals surface area contributed by atoms with Crippen LogP contribution in [0.15, 0.2) is 89.8 Å². The Balaban J connectivity index is 1.95. The molecule has 1 nitrogen and oxygen atoms in total. The van der Waals surface area contributed by atoms with Gasteiger partial charge in [-0.05, 0) is 83.2 Å². The molecule has 0 amide bonds. The zero-order valence-electron chi connectivity index (χ0n) is 20.2. The smallest absolute Gasteiger partial charge is 0.0568 e. The van der Waals surface area contributed by atoms with Crippen molar-refractivity contribution < 1.29 is 0 Å². The molecule has 32 heavy (non-hydrogen) atoms. The van der Waals surface area contributed by atoms with Crippen LogP contribution in [0.4, 0.5) is 0 Å². The highest BCUT2D eigenvalue weighted by molar-refractivity contribution is 7.77. The Kier molecular flexibility index (Phi) is 6.79. The lowest BCUT2D eigenvalue weighted by atomic mass is 9.97. The summed E-state index contributed by atoms with van der Waals surface area (Å²) in [5, 5.41) is 4.41. The first-order valence-corrected chi connectivity index (χ1v) is 12.8. The lowest BCUT2D eigenvalue weighted by Crippen LogP contribution is -2.23. The second-order valence-electron chi connectivity index (χ2n) is 9.32. The Morgan fingerprint density at radius 1 is 0.719 bits per heavy atom. The fourth-order valence-electron chi connectivity index (χ4n) is 5.01. The minimum Gasteiger partial charge on any atom is -0.299 e. The highest BCUT2D eigenvalue weighted by Gasteiger charge is 2.29. The Hall–Kier alpha value is -2.47. The van der Waals surface area contributed by atoms with Gasteiger partial charge in [-0.2, -0.15) is 0 Å². The molecule has 3 aromatic rings. The third kappa shape index (κ3) is 4.80. The summed E-state index contributed by atoms with van der Waals surface area (Å²) in [6.45, 7) is 8.88. The van der Waals surface area contributed by atoms with Gasteiger partial charge in [0.1, 0.15) is 0 Å². The monoisotopic (exact) mass is 439 g/mol. The number of hydrogen-bond donors (Lipinski definition) is 0. The van der Waals surface area contributed by atoms with Crippen LogP contribution in [-0.4, -0.2) is 19.0 Å². The lowest BCUT2D eigenvalue weighted by molar-refractivity contribution is 0.334. The second-order valence-corrected chi connectivity index (χ2v) is 11.5. The summed E-state index contributed by atoms with van der Waals surface area (Å²) in [5.74, 6) is 0. The van der Waals surface area contributed by atoms with Crippen molar-refractivity contribution in [2.24, 2.45) is 0 Å². The predicted molar refractivity (Wildman–Crippen MR) is 142 cm³/mol. The van der Waals surface area contributed by atoms with Crippen LogP contribution in [0.25, 0.3) is 0 Å². The molecule has 0 saturated carbocycles. The van der Waals surface area contributed by atoms with E-state index in [0.29, 0.717) is 0 Å². The van der Waals surface area contributed by atoms with E-state index in [9.17, 15) is 0 Å². The van der Waals surface area contributed by atoms with Crippen LogP contribution in [0.3, 0.4) is 0 Å². The van der Waals surface area contributed by atoms with Gasteiger partial charge in [0.05, 0.1) is 6.04 Å². The minimum atomic E-state index is -0.638. The normalized spacial score (nSPS) is 14.6. The third-order valence-electron chi connectivity index (χ3n) is 6.07. The Morgan fingerprint density at radius 3 is 1.69 bits per heavy atom. The van der Waals surface area contributed by atoms with Crippen molar-refractivity contribution in [2.45, 2.75) is 40.2 Å². The van der Waals surface area contributed by atoms with Gasteiger partial charge in [-0.3, -0.25) is 4.90 Å². The highest BCUT2D eigenvalue weighted by atomic mass is 31.1. The van der Waals surface area contributed by atoms with Gasteiger partial charge in [-0.15, -0.1) is 0 Å². The number of nitrogens with zero attached hydrogens (tertiary/aromatic N) is 1. The molecule has 0 saturated heterocycles. The summed E-state index contributed by atoms with van der Waals surface area (Å²) in [6.07, 6.45) is 5.79. The quantitative estimate of drug-likeness (QED) is 0.379. The molecule has 1 aliphatic rings. The molecule has 164 valence electrons. The molecule has 0 bridgehead atoms. The van der Waals surface area contributed by atoms with Gasteiger partial charge in [0.15, 0.2) is 0 Å². The van der Waals surface area contributed by atoms with Crippen LogP contribution in [0.1, 0.15) is 40.3 Å². The average Bonchev–Trinajstić information content (AvgIpc) is 3.16. The first-order valence-electron chi connectivity index (χ1n) is 11.4. The maximum atomic E-state index is 2.41. The summed E-state index contributed by atoms with van der Waals surface area (Å²) < 4.78 is 0. The summed E-state index contributed by atoms with van der Waals surface area (Å²) in [7, 11) is 3.77. The van der Waals surface area contributed by atoms with Gasteiger partial charge in [-0.1, -0.05) is 101 Å². The van der Waals surface area contributed by atoms with Crippen LogP contribution in [-0.2, 0) is 0 Å². The van der Waals surface area contributed by atoms with Gasteiger partial charge in [-0.25, -0.2) is 0 Å². The van der Waals surface area contributed by atoms with E-state index < -0.39 is 7.92 Å². The Morgan fingerprint density at radius 2 is 1.22 bits per heavy atom. The SMILES string of the molecule is Cc1cc(C)cc(P(C2=C([C@@H](c3ccccc3)N(C)C)CC=C2)c2cc(C)cc(C)c2)c1. The van der Waals surface area contributed by atoms with Crippen LogP contribution < -0.4 is 10.6 Å². The van der Waals surface area contributed by atoms with Crippen molar-refractivity contribution in [3.63, 3.8) is 0 Å². The van der Waals surface area contributed by atoms with E-state index in [4.69, 9.17) is 0 Å². The first kappa shape index (κ1) is 22.7. The van der Waals surface area contributed by atoms with Gasteiger partial charge in [0, 0.05) is 0 Å². The maximum Gasteiger partial charge on any atom is 0.0568 e. The third-order valence-corrected chi connectivity index (χ3v) is 8.54. The second kappa shape index (κ2) is 9.57. The van der Waals surface area contributed by atoms with Crippen molar-refractivity contribution in [1.82, 2.24) is 4.90 Å².